The molecule has 4 aliphatic heterocycles. The lowest BCUT2D eigenvalue weighted by Gasteiger charge is -2.49. The number of carboxylic acids is 2. The Morgan fingerprint density at radius 3 is 2.42 bits per heavy atom. The van der Waals surface area contributed by atoms with Crippen LogP contribution in [0, 0.1) is 0 Å². The Labute approximate surface area is 287 Å². The molecule has 5 heterocycles. The number of rotatable bonds is 10. The van der Waals surface area contributed by atoms with E-state index in [1.165, 1.54) is 6.08 Å². The first-order valence-electron chi connectivity index (χ1n) is 14.9. The molecule has 0 saturated carbocycles. The molecule has 1 aromatic rings. The van der Waals surface area contributed by atoms with Gasteiger partial charge in [0.2, 0.25) is 11.8 Å². The van der Waals surface area contributed by atoms with Crippen LogP contribution in [0.2, 0.25) is 0 Å². The van der Waals surface area contributed by atoms with Crippen LogP contribution in [0.3, 0.4) is 0 Å². The highest BCUT2D eigenvalue weighted by atomic mass is 32.2. The van der Waals surface area contributed by atoms with Crippen LogP contribution in [-0.4, -0.2) is 126 Å². The summed E-state index contributed by atoms with van der Waals surface area (Å²) < 4.78 is 37.9. The summed E-state index contributed by atoms with van der Waals surface area (Å²) in [6.07, 6.45) is -3.09. The fraction of sp³-hybridized carbons (Fsp3) is 0.464. The van der Waals surface area contributed by atoms with Gasteiger partial charge in [-0.1, -0.05) is 5.16 Å². The number of alkyl halides is 3. The minimum absolute atomic E-state index is 0.0167. The number of nitrogens with zero attached hydrogens (tertiary/aromatic N) is 5. The third-order valence-corrected chi connectivity index (χ3v) is 10.2. The first-order chi connectivity index (χ1) is 23.6. The molecule has 0 aromatic carbocycles. The third-order valence-electron chi connectivity index (χ3n) is 8.23. The van der Waals surface area contributed by atoms with Gasteiger partial charge in [0.25, 0.3) is 11.8 Å². The summed E-state index contributed by atoms with van der Waals surface area (Å²) in [7, 11) is 0. The molecule has 4 aliphatic rings. The number of allylic oxidation sites excluding steroid dienone is 1. The first kappa shape index (κ1) is 36.3. The zero-order chi connectivity index (χ0) is 36.5. The molecule has 3 saturated heterocycles. The van der Waals surface area contributed by atoms with Crippen molar-refractivity contribution in [3.8, 4) is 0 Å². The molecule has 0 aliphatic carbocycles. The number of halogens is 3. The maximum Gasteiger partial charge on any atom is 0.493 e. The molecule has 5 rings (SSSR count). The molecule has 22 heteroatoms. The first-order valence-corrected chi connectivity index (χ1v) is 16.8. The number of thiazole rings is 1. The fourth-order valence-electron chi connectivity index (χ4n) is 5.83. The van der Waals surface area contributed by atoms with E-state index in [1.807, 2.05) is 0 Å². The molecule has 268 valence electrons. The van der Waals surface area contributed by atoms with Gasteiger partial charge in [-0.2, -0.15) is 13.2 Å². The zero-order valence-electron chi connectivity index (χ0n) is 25.7. The van der Waals surface area contributed by atoms with Gasteiger partial charge < -0.3 is 35.9 Å². The number of nitrogens with one attached hydrogen (secondary N) is 1. The Morgan fingerprint density at radius 2 is 1.82 bits per heavy atom. The average molecular weight is 744 g/mol. The quantitative estimate of drug-likeness (QED) is 0.0829. The van der Waals surface area contributed by atoms with Crippen LogP contribution in [0.25, 0.3) is 0 Å². The number of carbonyl (C=O) groups excluding carboxylic acids is 5. The predicted molar refractivity (Wildman–Crippen MR) is 166 cm³/mol. The van der Waals surface area contributed by atoms with Crippen LogP contribution in [0.4, 0.5) is 18.3 Å². The monoisotopic (exact) mass is 743 g/mol. The number of hydrogen-bond donors (Lipinski definition) is 4. The molecular formula is C28H28F3N7O10S2. The lowest BCUT2D eigenvalue weighted by Crippen LogP contribution is -2.71. The number of β-lactam (4-membered cyclic amide) rings is 1. The average Bonchev–Trinajstić information content (AvgIpc) is 3.66. The highest BCUT2D eigenvalue weighted by Crippen LogP contribution is 2.41. The van der Waals surface area contributed by atoms with Gasteiger partial charge in [-0.15, -0.1) is 23.1 Å². The van der Waals surface area contributed by atoms with Crippen molar-refractivity contribution in [2.24, 2.45) is 5.16 Å². The molecule has 0 radical (unpaired) electrons. The van der Waals surface area contributed by atoms with Crippen LogP contribution < -0.4 is 11.1 Å². The van der Waals surface area contributed by atoms with E-state index < -0.39 is 58.7 Å². The summed E-state index contributed by atoms with van der Waals surface area (Å²) in [5.41, 5.74) is 4.41. The number of aliphatic carboxylic acids is 2. The largest absolute Gasteiger partial charge is 0.493 e. The molecule has 4 amide bonds. The number of anilines is 1. The van der Waals surface area contributed by atoms with Gasteiger partial charge in [-0.25, -0.2) is 14.6 Å². The van der Waals surface area contributed by atoms with Crippen LogP contribution in [0.15, 0.2) is 33.5 Å². The van der Waals surface area contributed by atoms with Crippen LogP contribution in [0.5, 0.6) is 0 Å². The number of piperidine rings is 1. The maximum absolute atomic E-state index is 13.4. The van der Waals surface area contributed by atoms with Crippen LogP contribution >= 0.6 is 23.1 Å². The number of nitrogen functional groups attached to an aromatic ring is 1. The lowest BCUT2D eigenvalue weighted by molar-refractivity contribution is -0.199. The summed E-state index contributed by atoms with van der Waals surface area (Å²) in [5, 5.41) is 24.3. The van der Waals surface area contributed by atoms with Crippen LogP contribution in [-0.2, 0) is 38.4 Å². The molecule has 5 N–H and O–H groups in total. The number of carboxylic acid groups (broad SMARTS) is 2. The van der Waals surface area contributed by atoms with Gasteiger partial charge in [0, 0.05) is 48.8 Å². The Bertz CT molecular complexity index is 1740. The standard InChI is InChI=1S/C28H28F3N7O10S2/c29-28(30,31)26(47)48-35-18(15-11-50-27(32)33-15)21(42)34-19-23(44)38-20(25(45)46)13(10-49-24(19)38)9-12-3-8-37(22(12)43)14-4-6-36(7-5-14)16(39)1-2-17(40)41/h9,11,14,19,24H,1-8,10H2,(H2,32,33)(H,34,42)(H,40,41)(H,45,46)/b12-9+,35-18-/t19-,24-/m1/s1. The normalized spacial score (nSPS) is 22.4. The Kier molecular flexibility index (Phi) is 10.5. The van der Waals surface area contributed by atoms with Crippen molar-refractivity contribution in [1.82, 2.24) is 25.0 Å². The van der Waals surface area contributed by atoms with Crippen LogP contribution in [0.1, 0.15) is 37.8 Å². The second-order valence-electron chi connectivity index (χ2n) is 11.4. The number of oxime groups is 1. The highest BCUT2D eigenvalue weighted by molar-refractivity contribution is 8.00. The summed E-state index contributed by atoms with van der Waals surface area (Å²) >= 11 is 1.87. The van der Waals surface area contributed by atoms with E-state index in [1.54, 1.807) is 9.80 Å². The molecule has 17 nitrogen and oxygen atoms in total. The number of fused-ring (bicyclic) bond motifs is 1. The summed E-state index contributed by atoms with van der Waals surface area (Å²) in [4.78, 5) is 98.0. The zero-order valence-corrected chi connectivity index (χ0v) is 27.3. The molecular weight excluding hydrogens is 715 g/mol. The van der Waals surface area contributed by atoms with Gasteiger partial charge in [-0.3, -0.25) is 28.9 Å². The SMILES string of the molecule is Nc1nc(/C(=N/OC(=O)C(F)(F)F)C(=O)N[C@@H]2C(=O)N3C(C(=O)O)=C(/C=C4\CCN(C5CCN(C(=O)CCC(=O)O)CC5)C4=O)CS[C@H]23)cs1. The van der Waals surface area contributed by atoms with Gasteiger partial charge in [0.15, 0.2) is 10.8 Å². The topological polar surface area (TPSA) is 242 Å². The highest BCUT2D eigenvalue weighted by Gasteiger charge is 2.54. The summed E-state index contributed by atoms with van der Waals surface area (Å²) in [6, 6.07) is -1.52. The molecule has 0 unspecified atom stereocenters. The Balaban J connectivity index is 1.26. The predicted octanol–water partition coefficient (Wildman–Crippen LogP) is 0.288. The fourth-order valence-corrected chi connectivity index (χ4v) is 7.68. The van der Waals surface area contributed by atoms with Gasteiger partial charge >= 0.3 is 24.1 Å². The van der Waals surface area contributed by atoms with Crippen molar-refractivity contribution in [2.75, 3.05) is 31.1 Å². The van der Waals surface area contributed by atoms with Crippen molar-refractivity contribution in [2.45, 2.75) is 55.7 Å². The van der Waals surface area contributed by atoms with E-state index in [0.29, 0.717) is 44.5 Å². The van der Waals surface area contributed by atoms with E-state index in [2.05, 4.69) is 20.3 Å². The van der Waals surface area contributed by atoms with Gasteiger partial charge in [-0.05, 0) is 30.9 Å². The lowest BCUT2D eigenvalue weighted by atomic mass is 10.0. The van der Waals surface area contributed by atoms with Crippen molar-refractivity contribution in [1.29, 1.82) is 0 Å². The molecule has 2 atom stereocenters. The van der Waals surface area contributed by atoms with E-state index in [9.17, 15) is 51.8 Å². The molecule has 0 bridgehead atoms. The van der Waals surface area contributed by atoms with Crippen molar-refractivity contribution in [3.63, 3.8) is 0 Å². The van der Waals surface area contributed by atoms with Crippen molar-refractivity contribution in [3.05, 3.63) is 34.0 Å². The second kappa shape index (κ2) is 14.5. The van der Waals surface area contributed by atoms with Crippen molar-refractivity contribution >= 4 is 75.5 Å². The Morgan fingerprint density at radius 1 is 1.12 bits per heavy atom. The number of likely N-dealkylation sites (tertiary alicyclic amines) is 2. The van der Waals surface area contributed by atoms with E-state index >= 15 is 0 Å². The number of amides is 4. The molecule has 3 fully saturated rings. The maximum atomic E-state index is 13.4. The molecule has 50 heavy (non-hydrogen) atoms. The number of thioether (sulfide) groups is 1. The van der Waals surface area contributed by atoms with Gasteiger partial charge in [0.05, 0.1) is 6.42 Å². The number of hydrogen-bond acceptors (Lipinski definition) is 13. The summed E-state index contributed by atoms with van der Waals surface area (Å²) in [5.74, 6) is -7.93. The van der Waals surface area contributed by atoms with Crippen molar-refractivity contribution < 1.29 is 61.8 Å². The Hall–Kier alpha value is -4.99. The molecule has 0 spiro atoms. The third kappa shape index (κ3) is 7.59. The summed E-state index contributed by atoms with van der Waals surface area (Å²) in [6.45, 7) is 1.07. The minimum Gasteiger partial charge on any atom is -0.481 e. The number of aromatic nitrogens is 1. The van der Waals surface area contributed by atoms with E-state index in [4.69, 9.17) is 10.8 Å². The smallest absolute Gasteiger partial charge is 0.481 e. The minimum atomic E-state index is -5.42. The van der Waals surface area contributed by atoms with E-state index in [-0.39, 0.29) is 52.8 Å². The second-order valence-corrected chi connectivity index (χ2v) is 13.3. The number of nitrogens with two attached hydrogens (primary N) is 1. The number of carbonyl (C=O) groups is 7. The van der Waals surface area contributed by atoms with Gasteiger partial charge in [0.1, 0.15) is 22.8 Å². The molecule has 1 aromatic heterocycles. The van der Waals surface area contributed by atoms with E-state index in [0.717, 1.165) is 33.4 Å².